The molecule has 4 heterocycles. The SMILES string of the molecule is COc1cc(-c2oc3cc(O)cc(O)c3c(=O)c2O[C@H]2O[C@@H](CO[C@@H]3O[C@@H](C)[C@H](O)[C@@H](O)[C@@H]3O)[C@H](O)[C@@H](O[C@H]3O[C@H](C)[C@@H](O)[C@@H](O)[C@@H]3O)[C@@H]2O)ccc1O. The van der Waals surface area contributed by atoms with Crippen LogP contribution in [0.5, 0.6) is 28.7 Å². The number of rotatable bonds is 9. The van der Waals surface area contributed by atoms with Crippen molar-refractivity contribution in [1.82, 2.24) is 0 Å². The maximum absolute atomic E-state index is 14.1. The summed E-state index contributed by atoms with van der Waals surface area (Å²) < 4.78 is 45.3. The van der Waals surface area contributed by atoms with E-state index in [2.05, 4.69) is 0 Å². The standard InChI is InChI=1S/C34H42O20/c1-10-20(38)24(42)26(44)32(49-10)48-9-18-22(40)30(53-33-27(45)25(43)21(39)11(2)50-33)28(46)34(52-18)54-31-23(41)19-15(37)7-13(35)8-17(19)51-29(31)12-4-5-14(36)16(6-12)47-3/h4-8,10-11,18,20-22,24-28,30,32-40,42-46H,9H2,1-3H3/t10-,11+,18-,20-,21+,22-,24+,25+,26-,27-,28-,30+,32+,33+,34+/m0/s1. The molecule has 0 bridgehead atoms. The molecule has 20 heteroatoms. The monoisotopic (exact) mass is 770 g/mol. The van der Waals surface area contributed by atoms with Crippen molar-refractivity contribution >= 4 is 11.0 Å². The second-order valence-electron chi connectivity index (χ2n) is 13.3. The van der Waals surface area contributed by atoms with Crippen LogP contribution in [0.4, 0.5) is 0 Å². The summed E-state index contributed by atoms with van der Waals surface area (Å²) in [6.45, 7) is 2.08. The predicted molar refractivity (Wildman–Crippen MR) is 176 cm³/mol. The lowest BCUT2D eigenvalue weighted by Crippen LogP contribution is -2.65. The smallest absolute Gasteiger partial charge is 0.239 e. The van der Waals surface area contributed by atoms with Gasteiger partial charge in [-0.2, -0.15) is 0 Å². The molecule has 3 saturated heterocycles. The van der Waals surface area contributed by atoms with Crippen LogP contribution in [0.2, 0.25) is 0 Å². The lowest BCUT2D eigenvalue weighted by Gasteiger charge is -2.46. The molecule has 20 nitrogen and oxygen atoms in total. The third kappa shape index (κ3) is 7.41. The summed E-state index contributed by atoms with van der Waals surface area (Å²) in [5.41, 5.74) is -1.29. The van der Waals surface area contributed by atoms with E-state index in [1.165, 1.54) is 39.2 Å². The summed E-state index contributed by atoms with van der Waals surface area (Å²) in [6.07, 6.45) is -24.9. The number of hydrogen-bond donors (Lipinski definition) is 11. The van der Waals surface area contributed by atoms with Crippen molar-refractivity contribution in [2.45, 2.75) is 106 Å². The Morgan fingerprint density at radius 3 is 1.96 bits per heavy atom. The molecule has 0 unspecified atom stereocenters. The number of fused-ring (bicyclic) bond motifs is 1. The van der Waals surface area contributed by atoms with Crippen LogP contribution in [-0.4, -0.2) is 162 Å². The van der Waals surface area contributed by atoms with E-state index in [-0.39, 0.29) is 28.4 Å². The van der Waals surface area contributed by atoms with Gasteiger partial charge in [-0.3, -0.25) is 4.79 Å². The van der Waals surface area contributed by atoms with Crippen LogP contribution in [0.3, 0.4) is 0 Å². The van der Waals surface area contributed by atoms with Crippen molar-refractivity contribution in [3.8, 4) is 40.1 Å². The van der Waals surface area contributed by atoms with E-state index in [4.69, 9.17) is 37.6 Å². The predicted octanol–water partition coefficient (Wildman–Crippen LogP) is -2.53. The number of ether oxygens (including phenoxy) is 7. The molecule has 15 atom stereocenters. The van der Waals surface area contributed by atoms with Crippen LogP contribution >= 0.6 is 0 Å². The fraction of sp³-hybridized carbons (Fsp3) is 0.559. The van der Waals surface area contributed by atoms with Gasteiger partial charge in [-0.1, -0.05) is 0 Å². The summed E-state index contributed by atoms with van der Waals surface area (Å²) >= 11 is 0. The highest BCUT2D eigenvalue weighted by molar-refractivity contribution is 5.88. The average Bonchev–Trinajstić information content (AvgIpc) is 3.13. The highest BCUT2D eigenvalue weighted by atomic mass is 16.7. The Hall–Kier alpha value is -3.87. The number of hydrogen-bond acceptors (Lipinski definition) is 20. The van der Waals surface area contributed by atoms with Gasteiger partial charge in [0.05, 0.1) is 25.9 Å². The highest BCUT2D eigenvalue weighted by Gasteiger charge is 2.52. The normalized spacial score (nSPS) is 37.3. The zero-order valence-corrected chi connectivity index (χ0v) is 28.8. The minimum absolute atomic E-state index is 0.0538. The lowest BCUT2D eigenvalue weighted by molar-refractivity contribution is -0.355. The molecule has 1 aromatic heterocycles. The molecule has 0 spiro atoms. The molecule has 0 radical (unpaired) electrons. The molecule has 3 fully saturated rings. The number of aliphatic hydroxyl groups is 8. The first-order chi connectivity index (χ1) is 25.5. The van der Waals surface area contributed by atoms with Crippen LogP contribution in [-0.2, 0) is 23.7 Å². The number of benzene rings is 2. The number of aliphatic hydroxyl groups excluding tert-OH is 8. The van der Waals surface area contributed by atoms with E-state index in [0.29, 0.717) is 0 Å². The molecule has 6 rings (SSSR count). The van der Waals surface area contributed by atoms with Gasteiger partial charge in [-0.25, -0.2) is 0 Å². The van der Waals surface area contributed by atoms with Crippen molar-refractivity contribution in [3.05, 3.63) is 40.6 Å². The molecule has 3 aromatic rings. The van der Waals surface area contributed by atoms with Gasteiger partial charge in [0.1, 0.15) is 83.5 Å². The van der Waals surface area contributed by atoms with Gasteiger partial charge in [-0.05, 0) is 32.0 Å². The number of methoxy groups -OCH3 is 1. The molecule has 2 aromatic carbocycles. The van der Waals surface area contributed by atoms with E-state index in [9.17, 15) is 61.0 Å². The Balaban J connectivity index is 1.39. The molecular formula is C34H42O20. The number of phenolic OH excluding ortho intramolecular Hbond substituents is 3. The minimum atomic E-state index is -2.06. The Morgan fingerprint density at radius 2 is 1.31 bits per heavy atom. The zero-order valence-electron chi connectivity index (χ0n) is 28.8. The van der Waals surface area contributed by atoms with Crippen molar-refractivity contribution in [2.75, 3.05) is 13.7 Å². The van der Waals surface area contributed by atoms with Gasteiger partial charge >= 0.3 is 0 Å². The average molecular weight is 771 g/mol. The maximum atomic E-state index is 14.1. The quantitative estimate of drug-likeness (QED) is 0.107. The Bertz CT molecular complexity index is 1850. The molecule has 3 aliphatic heterocycles. The minimum Gasteiger partial charge on any atom is -0.508 e. The van der Waals surface area contributed by atoms with Gasteiger partial charge < -0.3 is 93.7 Å². The second-order valence-corrected chi connectivity index (χ2v) is 13.3. The molecule has 3 aliphatic rings. The topological polar surface area (TPSA) is 317 Å². The van der Waals surface area contributed by atoms with Crippen LogP contribution in [0.25, 0.3) is 22.3 Å². The van der Waals surface area contributed by atoms with Gasteiger partial charge in [0.15, 0.2) is 29.8 Å². The highest BCUT2D eigenvalue weighted by Crippen LogP contribution is 2.40. The third-order valence-electron chi connectivity index (χ3n) is 9.57. The van der Waals surface area contributed by atoms with E-state index >= 15 is 0 Å². The van der Waals surface area contributed by atoms with Crippen molar-refractivity contribution in [3.63, 3.8) is 0 Å². The van der Waals surface area contributed by atoms with E-state index in [1.54, 1.807) is 0 Å². The lowest BCUT2D eigenvalue weighted by atomic mass is 9.97. The third-order valence-corrected chi connectivity index (χ3v) is 9.57. The molecule has 298 valence electrons. The first kappa shape index (κ1) is 39.8. The first-order valence-electron chi connectivity index (χ1n) is 16.8. The van der Waals surface area contributed by atoms with E-state index < -0.39 is 127 Å². The van der Waals surface area contributed by atoms with Gasteiger partial charge in [0.2, 0.25) is 17.5 Å². The van der Waals surface area contributed by atoms with Crippen molar-refractivity contribution in [1.29, 1.82) is 0 Å². The maximum Gasteiger partial charge on any atom is 0.239 e. The van der Waals surface area contributed by atoms with Gasteiger partial charge in [0.25, 0.3) is 0 Å². The zero-order chi connectivity index (χ0) is 39.3. The van der Waals surface area contributed by atoms with Crippen LogP contribution in [0, 0.1) is 0 Å². The Labute approximate surface area is 305 Å². The summed E-state index contributed by atoms with van der Waals surface area (Å²) in [4.78, 5) is 14.1. The van der Waals surface area contributed by atoms with E-state index in [0.717, 1.165) is 12.1 Å². The summed E-state index contributed by atoms with van der Waals surface area (Å²) in [5, 5.41) is 116. The fourth-order valence-corrected chi connectivity index (χ4v) is 6.42. The van der Waals surface area contributed by atoms with Gasteiger partial charge in [-0.15, -0.1) is 0 Å². The van der Waals surface area contributed by atoms with Crippen LogP contribution in [0.15, 0.2) is 39.5 Å². The molecule has 0 amide bonds. The second kappa shape index (κ2) is 15.7. The largest absolute Gasteiger partial charge is 0.508 e. The first-order valence-corrected chi connectivity index (χ1v) is 16.8. The van der Waals surface area contributed by atoms with Crippen molar-refractivity contribution in [2.24, 2.45) is 0 Å². The molecular weight excluding hydrogens is 728 g/mol. The summed E-state index contributed by atoms with van der Waals surface area (Å²) in [7, 11) is 1.26. The van der Waals surface area contributed by atoms with E-state index in [1.807, 2.05) is 0 Å². The van der Waals surface area contributed by atoms with Crippen LogP contribution < -0.4 is 14.9 Å². The number of phenols is 3. The fourth-order valence-electron chi connectivity index (χ4n) is 6.42. The Morgan fingerprint density at radius 1 is 0.685 bits per heavy atom. The van der Waals surface area contributed by atoms with Crippen LogP contribution in [0.1, 0.15) is 13.8 Å². The summed E-state index contributed by atoms with van der Waals surface area (Å²) in [6, 6.07) is 5.70. The molecule has 0 saturated carbocycles. The molecule has 54 heavy (non-hydrogen) atoms. The number of aromatic hydroxyl groups is 3. The van der Waals surface area contributed by atoms with Crippen molar-refractivity contribution < 1.29 is 93.7 Å². The Kier molecular flexibility index (Phi) is 11.6. The molecule has 0 aliphatic carbocycles. The summed E-state index contributed by atoms with van der Waals surface area (Å²) in [5.74, 6) is -2.59. The molecule has 11 N–H and O–H groups in total. The van der Waals surface area contributed by atoms with Gasteiger partial charge in [0, 0.05) is 17.7 Å².